The van der Waals surface area contributed by atoms with Gasteiger partial charge in [0.15, 0.2) is 6.10 Å². The number of allylic oxidation sites excluding steroid dienone is 20. The molecule has 0 heterocycles. The first-order valence-corrected chi connectivity index (χ1v) is 38.8. The summed E-state index contributed by atoms with van der Waals surface area (Å²) in [7, 11) is 1.47. The summed E-state index contributed by atoms with van der Waals surface area (Å²) < 4.78 is 34.8. The van der Waals surface area contributed by atoms with Crippen LogP contribution in [0, 0.1) is 0 Å². The van der Waals surface area contributed by atoms with E-state index in [1.54, 1.807) is 0 Å². The van der Waals surface area contributed by atoms with E-state index in [9.17, 15) is 19.0 Å². The summed E-state index contributed by atoms with van der Waals surface area (Å²) in [4.78, 5) is 35.9. The largest absolute Gasteiger partial charge is 0.472 e. The average Bonchev–Trinajstić information content (AvgIpc) is 3.58. The Balaban J connectivity index is 3.99. The van der Waals surface area contributed by atoms with Gasteiger partial charge in [0.1, 0.15) is 19.8 Å². The third kappa shape index (κ3) is 73.5. The Morgan fingerprint density at radius 2 is 0.600 bits per heavy atom. The molecule has 0 saturated heterocycles. The van der Waals surface area contributed by atoms with Crippen LogP contribution in [0.1, 0.15) is 322 Å². The fraction of sp³-hybridized carbons (Fsp3) is 0.725. The number of rotatable bonds is 68. The Hall–Kier alpha value is -3.59. The molecule has 0 amide bonds. The van der Waals surface area contributed by atoms with Crippen molar-refractivity contribution in [3.8, 4) is 0 Å². The van der Waals surface area contributed by atoms with Crippen molar-refractivity contribution < 1.29 is 42.1 Å². The molecule has 2 unspecified atom stereocenters. The normalized spacial score (nSPS) is 13.8. The number of carbonyl (C=O) groups is 2. The van der Waals surface area contributed by atoms with Gasteiger partial charge in [-0.05, 0) is 103 Å². The lowest BCUT2D eigenvalue weighted by molar-refractivity contribution is -0.870. The van der Waals surface area contributed by atoms with Gasteiger partial charge in [0, 0.05) is 12.8 Å². The molecule has 90 heavy (non-hydrogen) atoms. The summed E-state index contributed by atoms with van der Waals surface area (Å²) >= 11 is 0. The standard InChI is InChI=1S/C80H140NO8P/c1-6-8-10-12-14-16-18-20-22-24-26-28-30-32-34-36-37-38-39-40-41-42-43-45-46-48-50-52-54-56-58-60-62-64-66-68-70-72-79(82)86-76-78(77-88-90(84,85)87-75-74-81(3,4)5)89-80(83)73-71-69-67-65-63-61-59-57-55-53-51-49-47-44-35-33-31-29-27-25-23-21-19-17-15-13-11-9-7-2/h8-11,14-17,20-23,26-29,33,35,47,49,78H,6-7,12-13,18-19,24-25,30-32,34,36-46,48,50-77H2,1-5H3/p+1/b10-8-,11-9-,16-14-,17-15-,22-20-,23-21-,28-26-,29-27-,35-33-,49-47-. The Morgan fingerprint density at radius 3 is 0.889 bits per heavy atom. The van der Waals surface area contributed by atoms with Gasteiger partial charge in [0.05, 0.1) is 27.7 Å². The fourth-order valence-corrected chi connectivity index (χ4v) is 11.1. The van der Waals surface area contributed by atoms with Gasteiger partial charge in [-0.25, -0.2) is 4.57 Å². The molecule has 0 radical (unpaired) electrons. The van der Waals surface area contributed by atoms with Gasteiger partial charge in [0.2, 0.25) is 0 Å². The van der Waals surface area contributed by atoms with Crippen LogP contribution in [-0.2, 0) is 32.7 Å². The smallest absolute Gasteiger partial charge is 0.462 e. The molecule has 1 N–H and O–H groups in total. The molecule has 518 valence electrons. The molecular formula is C80H141NO8P+. The van der Waals surface area contributed by atoms with Crippen LogP contribution in [0.4, 0.5) is 0 Å². The van der Waals surface area contributed by atoms with Crippen LogP contribution in [0.2, 0.25) is 0 Å². The van der Waals surface area contributed by atoms with Gasteiger partial charge in [-0.1, -0.05) is 328 Å². The topological polar surface area (TPSA) is 108 Å². The highest BCUT2D eigenvalue weighted by Crippen LogP contribution is 2.43. The zero-order chi connectivity index (χ0) is 65.5. The second-order valence-electron chi connectivity index (χ2n) is 25.9. The van der Waals surface area contributed by atoms with E-state index in [0.29, 0.717) is 17.4 Å². The number of quaternary nitrogens is 1. The highest BCUT2D eigenvalue weighted by Gasteiger charge is 2.27. The minimum atomic E-state index is -4.40. The molecule has 0 spiro atoms. The van der Waals surface area contributed by atoms with Crippen molar-refractivity contribution in [3.05, 3.63) is 122 Å². The maximum Gasteiger partial charge on any atom is 0.472 e. The summed E-state index contributed by atoms with van der Waals surface area (Å²) in [5, 5.41) is 0. The molecule has 0 rings (SSSR count). The molecule has 0 aromatic carbocycles. The van der Waals surface area contributed by atoms with Crippen molar-refractivity contribution in [2.75, 3.05) is 47.5 Å². The van der Waals surface area contributed by atoms with E-state index in [4.69, 9.17) is 18.5 Å². The number of phosphoric ester groups is 1. The van der Waals surface area contributed by atoms with Crippen LogP contribution in [0.15, 0.2) is 122 Å². The first-order valence-electron chi connectivity index (χ1n) is 37.3. The molecule has 2 atom stereocenters. The summed E-state index contributed by atoms with van der Waals surface area (Å²) in [6.07, 6.45) is 100. The minimum absolute atomic E-state index is 0.0276. The number of ether oxygens (including phenoxy) is 2. The maximum atomic E-state index is 12.9. The van der Waals surface area contributed by atoms with Crippen LogP contribution in [-0.4, -0.2) is 74.9 Å². The molecule has 0 aromatic rings. The Kier molecular flexibility index (Phi) is 67.0. The van der Waals surface area contributed by atoms with Crippen molar-refractivity contribution >= 4 is 19.8 Å². The highest BCUT2D eigenvalue weighted by molar-refractivity contribution is 7.47. The zero-order valence-electron chi connectivity index (χ0n) is 59.1. The van der Waals surface area contributed by atoms with E-state index in [-0.39, 0.29) is 32.0 Å². The maximum absolute atomic E-state index is 12.9. The molecular weight excluding hydrogens is 1130 g/mol. The van der Waals surface area contributed by atoms with E-state index in [2.05, 4.69) is 135 Å². The number of nitrogens with zero attached hydrogens (tertiary/aromatic N) is 1. The van der Waals surface area contributed by atoms with E-state index in [1.165, 1.54) is 180 Å². The van der Waals surface area contributed by atoms with Crippen LogP contribution < -0.4 is 0 Å². The third-order valence-corrected chi connectivity index (χ3v) is 17.0. The molecule has 0 saturated carbocycles. The number of unbranched alkanes of at least 4 members (excludes halogenated alkanes) is 34. The van der Waals surface area contributed by atoms with Gasteiger partial charge < -0.3 is 18.9 Å². The number of likely N-dealkylation sites (N-methyl/N-ethyl adjacent to an activating group) is 1. The molecule has 0 bridgehead atoms. The lowest BCUT2D eigenvalue weighted by atomic mass is 10.0. The predicted molar refractivity (Wildman–Crippen MR) is 390 cm³/mol. The molecule has 0 aliphatic rings. The third-order valence-electron chi connectivity index (χ3n) is 16.0. The highest BCUT2D eigenvalue weighted by atomic mass is 31.2. The number of hydrogen-bond donors (Lipinski definition) is 1. The van der Waals surface area contributed by atoms with Crippen LogP contribution in [0.25, 0.3) is 0 Å². The quantitative estimate of drug-likeness (QED) is 0.0211. The first-order chi connectivity index (χ1) is 44.0. The lowest BCUT2D eigenvalue weighted by Crippen LogP contribution is -2.37. The van der Waals surface area contributed by atoms with Crippen molar-refractivity contribution in [2.24, 2.45) is 0 Å². The average molecular weight is 1280 g/mol. The molecule has 0 fully saturated rings. The molecule has 10 heteroatoms. The monoisotopic (exact) mass is 1280 g/mol. The van der Waals surface area contributed by atoms with Crippen molar-refractivity contribution in [2.45, 2.75) is 328 Å². The van der Waals surface area contributed by atoms with Gasteiger partial charge in [-0.3, -0.25) is 18.6 Å². The number of hydrogen-bond acceptors (Lipinski definition) is 7. The van der Waals surface area contributed by atoms with Crippen molar-refractivity contribution in [3.63, 3.8) is 0 Å². The van der Waals surface area contributed by atoms with E-state index >= 15 is 0 Å². The Labute approximate surface area is 556 Å². The summed E-state index contributed by atoms with van der Waals surface area (Å²) in [5.41, 5.74) is 0. The van der Waals surface area contributed by atoms with Gasteiger partial charge in [0.25, 0.3) is 0 Å². The van der Waals surface area contributed by atoms with Gasteiger partial charge in [-0.2, -0.15) is 0 Å². The lowest BCUT2D eigenvalue weighted by Gasteiger charge is -2.24. The predicted octanol–water partition coefficient (Wildman–Crippen LogP) is 24.6. The minimum Gasteiger partial charge on any atom is -0.462 e. The molecule has 9 nitrogen and oxygen atoms in total. The van der Waals surface area contributed by atoms with E-state index in [1.807, 2.05) is 21.1 Å². The number of carbonyl (C=O) groups excluding carboxylic acids is 2. The molecule has 0 aliphatic carbocycles. The van der Waals surface area contributed by atoms with Gasteiger partial charge >= 0.3 is 19.8 Å². The van der Waals surface area contributed by atoms with Crippen molar-refractivity contribution in [1.29, 1.82) is 0 Å². The number of phosphoric acid groups is 1. The second-order valence-corrected chi connectivity index (χ2v) is 27.4. The van der Waals surface area contributed by atoms with Gasteiger partial charge in [-0.15, -0.1) is 0 Å². The Bertz CT molecular complexity index is 1940. The summed E-state index contributed by atoms with van der Waals surface area (Å²) in [5.74, 6) is -0.795. The van der Waals surface area contributed by atoms with E-state index < -0.39 is 26.5 Å². The summed E-state index contributed by atoms with van der Waals surface area (Å²) in [6.45, 7) is 4.23. The first kappa shape index (κ1) is 86.4. The van der Waals surface area contributed by atoms with Crippen LogP contribution in [0.5, 0.6) is 0 Å². The summed E-state index contributed by atoms with van der Waals surface area (Å²) in [6, 6.07) is 0. The zero-order valence-corrected chi connectivity index (χ0v) is 60.0. The van der Waals surface area contributed by atoms with Crippen LogP contribution >= 0.6 is 7.82 Å². The second kappa shape index (κ2) is 69.7. The SMILES string of the molecule is CC/C=C\C/C=C\C/C=C\C/C=C\C/C=C\C/C=C\CCCCCCCCCCCCC(=O)OC(COC(=O)CCCCCCCCCCCCCCCCCCCCCCCCCC/C=C\C/C=C\C/C=C\C/C=C\CC)COP(=O)(O)OCC[N+](C)(C)C. The fourth-order valence-electron chi connectivity index (χ4n) is 10.4. The number of esters is 2. The molecule has 0 aromatic heterocycles. The van der Waals surface area contributed by atoms with E-state index in [0.717, 1.165) is 109 Å². The Morgan fingerprint density at radius 1 is 0.344 bits per heavy atom. The molecule has 0 aliphatic heterocycles. The van der Waals surface area contributed by atoms with Crippen LogP contribution in [0.3, 0.4) is 0 Å². The van der Waals surface area contributed by atoms with Crippen molar-refractivity contribution in [1.82, 2.24) is 0 Å².